The summed E-state index contributed by atoms with van der Waals surface area (Å²) in [5.41, 5.74) is 0. The molecule has 0 saturated carbocycles. The van der Waals surface area contributed by atoms with Crippen molar-refractivity contribution in [1.82, 2.24) is 9.36 Å². The van der Waals surface area contributed by atoms with Gasteiger partial charge in [-0.1, -0.05) is 0 Å². The van der Waals surface area contributed by atoms with Crippen LogP contribution in [-0.4, -0.2) is 21.3 Å². The van der Waals surface area contributed by atoms with Gasteiger partial charge in [0, 0.05) is 11.5 Å². The molecular weight excluding hydrogens is 245 g/mol. The number of hydrogen-bond acceptors (Lipinski definition) is 4. The van der Waals surface area contributed by atoms with Gasteiger partial charge in [-0.05, 0) is 17.5 Å². The molecule has 0 spiro atoms. The molecule has 0 unspecified atom stereocenters. The minimum absolute atomic E-state index is 0.0362. The molecule has 1 heterocycles. The first-order valence-corrected chi connectivity index (χ1v) is 5.88. The van der Waals surface area contributed by atoms with Crippen molar-refractivity contribution in [2.24, 2.45) is 0 Å². The number of alkyl halides is 3. The van der Waals surface area contributed by atoms with Crippen LogP contribution in [-0.2, 0) is 5.75 Å². The van der Waals surface area contributed by atoms with Crippen molar-refractivity contribution in [2.45, 2.75) is 18.3 Å². The van der Waals surface area contributed by atoms with E-state index in [4.69, 9.17) is 6.42 Å². The molecule has 0 aliphatic rings. The summed E-state index contributed by atoms with van der Waals surface area (Å²) in [6, 6.07) is 0. The van der Waals surface area contributed by atoms with E-state index < -0.39 is 12.6 Å². The molecule has 7 heteroatoms. The van der Waals surface area contributed by atoms with Crippen molar-refractivity contribution in [3.8, 4) is 12.3 Å². The Morgan fingerprint density at radius 3 is 2.73 bits per heavy atom. The van der Waals surface area contributed by atoms with Gasteiger partial charge in [-0.3, -0.25) is 0 Å². The monoisotopic (exact) mass is 252 g/mol. The Bertz CT molecular complexity index is 354. The minimum atomic E-state index is -4.09. The van der Waals surface area contributed by atoms with Gasteiger partial charge >= 0.3 is 6.18 Å². The second kappa shape index (κ2) is 5.37. The number of thioether (sulfide) groups is 1. The highest BCUT2D eigenvalue weighted by Crippen LogP contribution is 2.23. The molecule has 82 valence electrons. The van der Waals surface area contributed by atoms with Crippen LogP contribution in [0.15, 0.2) is 0 Å². The highest BCUT2D eigenvalue weighted by Gasteiger charge is 2.26. The quantitative estimate of drug-likeness (QED) is 0.608. The normalized spacial score (nSPS) is 11.3. The molecule has 0 N–H and O–H groups in total. The average molecular weight is 252 g/mol. The molecule has 0 aliphatic heterocycles. The van der Waals surface area contributed by atoms with Crippen molar-refractivity contribution >= 4 is 23.3 Å². The number of rotatable bonds is 4. The highest BCUT2D eigenvalue weighted by atomic mass is 32.2. The molecule has 0 saturated heterocycles. The van der Waals surface area contributed by atoms with Gasteiger partial charge in [0.25, 0.3) is 0 Å². The summed E-state index contributed by atoms with van der Waals surface area (Å²) < 4.78 is 39.1. The van der Waals surface area contributed by atoms with E-state index in [0.717, 1.165) is 11.5 Å². The molecule has 0 aliphatic carbocycles. The molecule has 0 atom stereocenters. The Balaban J connectivity index is 2.24. The zero-order valence-corrected chi connectivity index (χ0v) is 9.18. The summed E-state index contributed by atoms with van der Waals surface area (Å²) in [6.07, 6.45) is 0.187. The van der Waals surface area contributed by atoms with Crippen molar-refractivity contribution in [3.05, 3.63) is 10.8 Å². The zero-order valence-electron chi connectivity index (χ0n) is 7.54. The van der Waals surface area contributed by atoms with Gasteiger partial charge < -0.3 is 0 Å². The molecule has 1 rings (SSSR count). The lowest BCUT2D eigenvalue weighted by Crippen LogP contribution is -2.08. The smallest absolute Gasteiger partial charge is 0.212 e. The summed E-state index contributed by atoms with van der Waals surface area (Å²) in [5.74, 6) is 3.02. The minimum Gasteiger partial charge on any atom is -0.212 e. The van der Waals surface area contributed by atoms with Crippen molar-refractivity contribution in [3.63, 3.8) is 0 Å². The predicted molar refractivity (Wildman–Crippen MR) is 54.7 cm³/mol. The van der Waals surface area contributed by atoms with E-state index >= 15 is 0 Å². The van der Waals surface area contributed by atoms with Crippen LogP contribution < -0.4 is 0 Å². The van der Waals surface area contributed by atoms with Crippen LogP contribution in [0.4, 0.5) is 13.2 Å². The topological polar surface area (TPSA) is 25.8 Å². The van der Waals surface area contributed by atoms with Crippen molar-refractivity contribution < 1.29 is 13.2 Å². The molecular formula is C8H7F3N2S2. The van der Waals surface area contributed by atoms with Crippen molar-refractivity contribution in [1.29, 1.82) is 0 Å². The van der Waals surface area contributed by atoms with E-state index in [0.29, 0.717) is 16.6 Å². The van der Waals surface area contributed by atoms with Crippen LogP contribution in [0.2, 0.25) is 0 Å². The van der Waals surface area contributed by atoms with Crippen molar-refractivity contribution in [2.75, 3.05) is 5.75 Å². The van der Waals surface area contributed by atoms with Crippen LogP contribution in [0.1, 0.15) is 17.3 Å². The Labute approximate surface area is 93.5 Å². The molecule has 15 heavy (non-hydrogen) atoms. The van der Waals surface area contributed by atoms with Gasteiger partial charge in [0.05, 0.1) is 6.42 Å². The van der Waals surface area contributed by atoms with Crippen LogP contribution in [0.5, 0.6) is 0 Å². The molecule has 0 radical (unpaired) electrons. The number of hydrogen-bond donors (Lipinski definition) is 0. The fourth-order valence-electron chi connectivity index (χ4n) is 0.719. The predicted octanol–water partition coefficient (Wildman–Crippen LogP) is 2.71. The van der Waals surface area contributed by atoms with E-state index in [9.17, 15) is 13.2 Å². The van der Waals surface area contributed by atoms with Gasteiger partial charge in [0.1, 0.15) is 5.01 Å². The third kappa shape index (κ3) is 5.04. The molecule has 0 amide bonds. The molecule has 1 aromatic heterocycles. The van der Waals surface area contributed by atoms with E-state index in [1.54, 1.807) is 0 Å². The largest absolute Gasteiger partial charge is 0.389 e. The van der Waals surface area contributed by atoms with Gasteiger partial charge in [-0.2, -0.15) is 29.3 Å². The standard InChI is InChI=1S/C8H7F3N2S2/c1-2-6-12-7(15-13-6)5-14-4-3-8(9,10)11/h1H,3-5H2. The third-order valence-electron chi connectivity index (χ3n) is 1.35. The van der Waals surface area contributed by atoms with E-state index in [-0.39, 0.29) is 5.75 Å². The maximum atomic E-state index is 11.8. The van der Waals surface area contributed by atoms with Crippen LogP contribution in [0, 0.1) is 12.3 Å². The lowest BCUT2D eigenvalue weighted by Gasteiger charge is -2.03. The summed E-state index contributed by atoms with van der Waals surface area (Å²) in [4.78, 5) is 3.93. The highest BCUT2D eigenvalue weighted by molar-refractivity contribution is 7.98. The fourth-order valence-corrected chi connectivity index (χ4v) is 2.35. The summed E-state index contributed by atoms with van der Waals surface area (Å²) in [7, 11) is 0. The molecule has 0 bridgehead atoms. The Hall–Kier alpha value is -0.740. The SMILES string of the molecule is C#Cc1nsc(CSCCC(F)(F)F)n1. The number of nitrogens with zero attached hydrogens (tertiary/aromatic N) is 2. The lowest BCUT2D eigenvalue weighted by atomic mass is 10.5. The molecule has 1 aromatic rings. The lowest BCUT2D eigenvalue weighted by molar-refractivity contribution is -0.129. The number of halogens is 3. The first kappa shape index (κ1) is 12.3. The molecule has 2 nitrogen and oxygen atoms in total. The second-order valence-electron chi connectivity index (χ2n) is 2.57. The van der Waals surface area contributed by atoms with Gasteiger partial charge in [0.2, 0.25) is 5.82 Å². The van der Waals surface area contributed by atoms with E-state index in [1.165, 1.54) is 11.8 Å². The molecule has 0 aromatic carbocycles. The first-order valence-electron chi connectivity index (χ1n) is 3.95. The summed E-state index contributed by atoms with van der Waals surface area (Å²) >= 11 is 2.30. The van der Waals surface area contributed by atoms with E-state index in [1.807, 2.05) is 0 Å². The van der Waals surface area contributed by atoms with Crippen LogP contribution in [0.25, 0.3) is 0 Å². The van der Waals surface area contributed by atoms with E-state index in [2.05, 4.69) is 15.3 Å². The van der Waals surface area contributed by atoms with Gasteiger partial charge in [-0.25, -0.2) is 4.98 Å². The number of terminal acetylenes is 1. The maximum Gasteiger partial charge on any atom is 0.389 e. The first-order chi connectivity index (χ1) is 7.01. The zero-order chi connectivity index (χ0) is 11.3. The maximum absolute atomic E-state index is 11.8. The molecule has 0 fully saturated rings. The summed E-state index contributed by atoms with van der Waals surface area (Å²) in [6.45, 7) is 0. The van der Waals surface area contributed by atoms with Gasteiger partial charge in [-0.15, -0.1) is 6.42 Å². The fraction of sp³-hybridized carbons (Fsp3) is 0.500. The third-order valence-corrected chi connectivity index (χ3v) is 3.22. The van der Waals surface area contributed by atoms with Crippen LogP contribution >= 0.6 is 23.3 Å². The number of aromatic nitrogens is 2. The van der Waals surface area contributed by atoms with Crippen LogP contribution in [0.3, 0.4) is 0 Å². The Morgan fingerprint density at radius 1 is 1.47 bits per heavy atom. The summed E-state index contributed by atoms with van der Waals surface area (Å²) in [5, 5.41) is 0.662. The average Bonchev–Trinajstić information content (AvgIpc) is 2.59. The Morgan fingerprint density at radius 2 is 2.20 bits per heavy atom. The Kier molecular flexibility index (Phi) is 4.42. The van der Waals surface area contributed by atoms with Gasteiger partial charge in [0.15, 0.2) is 0 Å². The second-order valence-corrected chi connectivity index (χ2v) is 4.52.